The summed E-state index contributed by atoms with van der Waals surface area (Å²) in [6.07, 6.45) is -0.381. The van der Waals surface area contributed by atoms with Gasteiger partial charge in [0.15, 0.2) is 0 Å². The number of carbonyl (C=O) groups is 1. The number of thiophene rings is 1. The van der Waals surface area contributed by atoms with Crippen LogP contribution in [0.2, 0.25) is 0 Å². The molecule has 0 fully saturated rings. The number of aryl methyl sites for hydroxylation is 1. The molecular formula is C10H15NO2S. The van der Waals surface area contributed by atoms with E-state index in [1.807, 2.05) is 12.3 Å². The molecular weight excluding hydrogens is 198 g/mol. The van der Waals surface area contributed by atoms with E-state index >= 15 is 0 Å². The van der Waals surface area contributed by atoms with Gasteiger partial charge in [-0.2, -0.15) is 11.3 Å². The SMILES string of the molecule is COC(C)C(=O)NCc1cscc1C. The second-order valence-corrected chi connectivity index (χ2v) is 3.92. The average Bonchev–Trinajstić information content (AvgIpc) is 2.59. The summed E-state index contributed by atoms with van der Waals surface area (Å²) in [7, 11) is 1.53. The predicted molar refractivity (Wildman–Crippen MR) is 57.4 cm³/mol. The molecule has 1 aromatic heterocycles. The Morgan fingerprint density at radius 2 is 2.36 bits per heavy atom. The zero-order chi connectivity index (χ0) is 10.6. The standard InChI is InChI=1S/C10H15NO2S/c1-7-5-14-6-9(7)4-11-10(12)8(2)13-3/h5-6,8H,4H2,1-3H3,(H,11,12). The lowest BCUT2D eigenvalue weighted by Crippen LogP contribution is -2.33. The number of ether oxygens (including phenoxy) is 1. The third kappa shape index (κ3) is 2.82. The van der Waals surface area contributed by atoms with E-state index in [4.69, 9.17) is 4.74 Å². The molecule has 1 amide bonds. The summed E-state index contributed by atoms with van der Waals surface area (Å²) in [6.45, 7) is 4.36. The van der Waals surface area contributed by atoms with Gasteiger partial charge in [0.2, 0.25) is 5.91 Å². The Hall–Kier alpha value is -0.870. The maximum Gasteiger partial charge on any atom is 0.249 e. The molecule has 1 aromatic rings. The van der Waals surface area contributed by atoms with Gasteiger partial charge in [0.25, 0.3) is 0 Å². The summed E-state index contributed by atoms with van der Waals surface area (Å²) in [6, 6.07) is 0. The molecule has 0 saturated heterocycles. The van der Waals surface area contributed by atoms with Gasteiger partial charge in [-0.15, -0.1) is 0 Å². The summed E-state index contributed by atoms with van der Waals surface area (Å²) in [5, 5.41) is 6.94. The first-order chi connectivity index (χ1) is 6.65. The number of hydrogen-bond acceptors (Lipinski definition) is 3. The van der Waals surface area contributed by atoms with E-state index in [0.29, 0.717) is 6.54 Å². The van der Waals surface area contributed by atoms with Crippen molar-refractivity contribution in [2.45, 2.75) is 26.5 Å². The molecule has 0 spiro atoms. The molecule has 14 heavy (non-hydrogen) atoms. The summed E-state index contributed by atoms with van der Waals surface area (Å²) in [4.78, 5) is 11.3. The fraction of sp³-hybridized carbons (Fsp3) is 0.500. The van der Waals surface area contributed by atoms with Gasteiger partial charge in [0, 0.05) is 13.7 Å². The van der Waals surface area contributed by atoms with Crippen LogP contribution in [0.1, 0.15) is 18.1 Å². The van der Waals surface area contributed by atoms with Crippen molar-refractivity contribution in [2.75, 3.05) is 7.11 Å². The van der Waals surface area contributed by atoms with E-state index < -0.39 is 0 Å². The summed E-state index contributed by atoms with van der Waals surface area (Å²) in [5.74, 6) is -0.0712. The number of hydrogen-bond donors (Lipinski definition) is 1. The molecule has 1 heterocycles. The number of rotatable bonds is 4. The zero-order valence-corrected chi connectivity index (χ0v) is 9.48. The van der Waals surface area contributed by atoms with Crippen LogP contribution in [0.15, 0.2) is 10.8 Å². The van der Waals surface area contributed by atoms with Crippen molar-refractivity contribution in [2.24, 2.45) is 0 Å². The van der Waals surface area contributed by atoms with Crippen LogP contribution in [-0.4, -0.2) is 19.1 Å². The van der Waals surface area contributed by atoms with Crippen LogP contribution in [0, 0.1) is 6.92 Å². The van der Waals surface area contributed by atoms with Gasteiger partial charge in [0.05, 0.1) is 0 Å². The fourth-order valence-corrected chi connectivity index (χ4v) is 1.86. The third-order valence-electron chi connectivity index (χ3n) is 2.14. The highest BCUT2D eigenvalue weighted by Gasteiger charge is 2.10. The first-order valence-electron chi connectivity index (χ1n) is 4.47. The Kier molecular flexibility index (Phi) is 4.10. The van der Waals surface area contributed by atoms with Gasteiger partial charge in [0.1, 0.15) is 6.10 Å². The molecule has 0 bridgehead atoms. The third-order valence-corrected chi connectivity index (χ3v) is 3.05. The highest BCUT2D eigenvalue weighted by atomic mass is 32.1. The quantitative estimate of drug-likeness (QED) is 0.827. The van der Waals surface area contributed by atoms with Crippen molar-refractivity contribution in [3.8, 4) is 0 Å². The van der Waals surface area contributed by atoms with Gasteiger partial charge < -0.3 is 10.1 Å². The molecule has 1 N–H and O–H groups in total. The van der Waals surface area contributed by atoms with Crippen molar-refractivity contribution in [1.82, 2.24) is 5.32 Å². The minimum Gasteiger partial charge on any atom is -0.372 e. The maximum absolute atomic E-state index is 11.3. The van der Waals surface area contributed by atoms with Crippen molar-refractivity contribution in [1.29, 1.82) is 0 Å². The molecule has 0 saturated carbocycles. The number of carbonyl (C=O) groups excluding carboxylic acids is 1. The Morgan fingerprint density at radius 3 is 2.86 bits per heavy atom. The highest BCUT2D eigenvalue weighted by molar-refractivity contribution is 7.08. The molecule has 0 aliphatic heterocycles. The molecule has 0 radical (unpaired) electrons. The van der Waals surface area contributed by atoms with Crippen molar-refractivity contribution in [3.63, 3.8) is 0 Å². The average molecular weight is 213 g/mol. The largest absolute Gasteiger partial charge is 0.372 e. The summed E-state index contributed by atoms with van der Waals surface area (Å²) in [5.41, 5.74) is 2.40. The molecule has 0 aromatic carbocycles. The van der Waals surface area contributed by atoms with Gasteiger partial charge in [-0.3, -0.25) is 4.79 Å². The summed E-state index contributed by atoms with van der Waals surface area (Å²) >= 11 is 1.65. The Balaban J connectivity index is 2.41. The van der Waals surface area contributed by atoms with Crippen LogP contribution in [0.25, 0.3) is 0 Å². The van der Waals surface area contributed by atoms with E-state index in [9.17, 15) is 4.79 Å². The molecule has 4 heteroatoms. The normalized spacial score (nSPS) is 12.5. The Morgan fingerprint density at radius 1 is 1.64 bits per heavy atom. The van der Waals surface area contributed by atoms with Crippen LogP contribution in [-0.2, 0) is 16.1 Å². The van der Waals surface area contributed by atoms with Gasteiger partial charge in [-0.05, 0) is 35.7 Å². The van der Waals surface area contributed by atoms with E-state index in [2.05, 4.69) is 10.7 Å². The molecule has 1 atom stereocenters. The first kappa shape index (κ1) is 11.2. The van der Waals surface area contributed by atoms with Crippen molar-refractivity contribution in [3.05, 3.63) is 21.9 Å². The lowest BCUT2D eigenvalue weighted by molar-refractivity contribution is -0.130. The van der Waals surface area contributed by atoms with E-state index in [1.54, 1.807) is 18.3 Å². The predicted octanol–water partition coefficient (Wildman–Crippen LogP) is 1.71. The lowest BCUT2D eigenvalue weighted by Gasteiger charge is -2.09. The van der Waals surface area contributed by atoms with Crippen LogP contribution in [0.4, 0.5) is 0 Å². The smallest absolute Gasteiger partial charge is 0.249 e. The number of methoxy groups -OCH3 is 1. The van der Waals surface area contributed by atoms with E-state index in [-0.39, 0.29) is 12.0 Å². The zero-order valence-electron chi connectivity index (χ0n) is 8.66. The Bertz CT molecular complexity index is 309. The van der Waals surface area contributed by atoms with Crippen LogP contribution < -0.4 is 5.32 Å². The maximum atomic E-state index is 11.3. The number of nitrogens with one attached hydrogen (secondary N) is 1. The van der Waals surface area contributed by atoms with Gasteiger partial charge in [-0.25, -0.2) is 0 Å². The molecule has 0 aliphatic carbocycles. The van der Waals surface area contributed by atoms with Gasteiger partial charge >= 0.3 is 0 Å². The molecule has 1 unspecified atom stereocenters. The second kappa shape index (κ2) is 5.12. The fourth-order valence-electron chi connectivity index (χ4n) is 1.00. The summed E-state index contributed by atoms with van der Waals surface area (Å²) < 4.78 is 4.90. The van der Waals surface area contributed by atoms with Gasteiger partial charge in [-0.1, -0.05) is 0 Å². The Labute approximate surface area is 88.1 Å². The van der Waals surface area contributed by atoms with Crippen LogP contribution in [0.5, 0.6) is 0 Å². The molecule has 0 aliphatic rings. The second-order valence-electron chi connectivity index (χ2n) is 3.18. The van der Waals surface area contributed by atoms with Crippen molar-refractivity contribution >= 4 is 17.2 Å². The number of amides is 1. The van der Waals surface area contributed by atoms with E-state index in [1.165, 1.54) is 18.2 Å². The molecule has 78 valence electrons. The topological polar surface area (TPSA) is 38.3 Å². The van der Waals surface area contributed by atoms with E-state index in [0.717, 1.165) is 0 Å². The molecule has 3 nitrogen and oxygen atoms in total. The van der Waals surface area contributed by atoms with Crippen LogP contribution in [0.3, 0.4) is 0 Å². The minimum atomic E-state index is -0.381. The van der Waals surface area contributed by atoms with Crippen LogP contribution >= 0.6 is 11.3 Å². The highest BCUT2D eigenvalue weighted by Crippen LogP contribution is 2.12. The monoisotopic (exact) mass is 213 g/mol. The molecule has 1 rings (SSSR count). The first-order valence-corrected chi connectivity index (χ1v) is 5.41. The minimum absolute atomic E-state index is 0.0712. The van der Waals surface area contributed by atoms with Crippen molar-refractivity contribution < 1.29 is 9.53 Å². The lowest BCUT2D eigenvalue weighted by atomic mass is 10.2.